The first-order valence-corrected chi connectivity index (χ1v) is 11.8. The summed E-state index contributed by atoms with van der Waals surface area (Å²) in [6.45, 7) is 0.0456. The summed E-state index contributed by atoms with van der Waals surface area (Å²) in [5.41, 5.74) is -0.163. The Morgan fingerprint density at radius 2 is 1.88 bits per heavy atom. The number of carbonyl (C=O) groups excluding carboxylic acids is 1. The topological polar surface area (TPSA) is 91.9 Å². The van der Waals surface area contributed by atoms with Gasteiger partial charge in [0.25, 0.3) is 0 Å². The Morgan fingerprint density at radius 3 is 2.64 bits per heavy atom. The molecule has 0 aliphatic heterocycles. The van der Waals surface area contributed by atoms with E-state index in [9.17, 15) is 17.6 Å². The monoisotopic (exact) mass is 489 g/mol. The molecule has 2 N–H and O–H groups in total. The molecule has 4 rings (SSSR count). The van der Waals surface area contributed by atoms with Crippen molar-refractivity contribution in [3.8, 4) is 0 Å². The van der Waals surface area contributed by atoms with E-state index in [-0.39, 0.29) is 40.4 Å². The van der Waals surface area contributed by atoms with Crippen molar-refractivity contribution < 1.29 is 22.0 Å². The zero-order chi connectivity index (χ0) is 23.6. The van der Waals surface area contributed by atoms with E-state index in [4.69, 9.17) is 11.6 Å². The fourth-order valence-corrected chi connectivity index (χ4v) is 4.72. The number of carbonyl (C=O) groups is 1. The standard InChI is InChI=1S/C23H18ClF2N3O3S/c24-15-11-17-18(13-28-23(17)27-12-15)22(30)20-19(25)9-8-14(21(20)26)5-4-10-29-33(31,32)16-6-2-1-3-7-16/h1-3,6-9,11-13,29H,4-5,10H2,(H,27,28). The molecule has 0 spiro atoms. The second-order valence-electron chi connectivity index (χ2n) is 7.29. The number of aromatic amines is 1. The summed E-state index contributed by atoms with van der Waals surface area (Å²) in [6, 6.07) is 11.6. The van der Waals surface area contributed by atoms with E-state index in [1.165, 1.54) is 36.7 Å². The van der Waals surface area contributed by atoms with Crippen LogP contribution in [-0.2, 0) is 16.4 Å². The van der Waals surface area contributed by atoms with Crippen molar-refractivity contribution in [2.75, 3.05) is 6.54 Å². The Hall–Kier alpha value is -3.14. The van der Waals surface area contributed by atoms with Gasteiger partial charge in [0.15, 0.2) is 0 Å². The number of H-pyrrole nitrogens is 1. The number of rotatable bonds is 8. The van der Waals surface area contributed by atoms with Gasteiger partial charge in [-0.1, -0.05) is 35.9 Å². The SMILES string of the molecule is O=C(c1c(F)ccc(CCCNS(=O)(=O)c2ccccc2)c1F)c1c[nH]c2ncc(Cl)cc12. The molecule has 2 aromatic heterocycles. The van der Waals surface area contributed by atoms with Gasteiger partial charge in [-0.05, 0) is 42.7 Å². The van der Waals surface area contributed by atoms with Gasteiger partial charge in [0.05, 0.1) is 15.5 Å². The minimum atomic E-state index is -3.69. The Kier molecular flexibility index (Phi) is 6.55. The highest BCUT2D eigenvalue weighted by Crippen LogP contribution is 2.26. The van der Waals surface area contributed by atoms with Crippen LogP contribution in [0.25, 0.3) is 11.0 Å². The molecule has 4 aromatic rings. The van der Waals surface area contributed by atoms with Crippen LogP contribution in [0.2, 0.25) is 5.02 Å². The Balaban J connectivity index is 1.51. The van der Waals surface area contributed by atoms with Crippen molar-refractivity contribution in [3.63, 3.8) is 0 Å². The maximum Gasteiger partial charge on any atom is 0.240 e. The highest BCUT2D eigenvalue weighted by molar-refractivity contribution is 7.89. The van der Waals surface area contributed by atoms with E-state index in [1.807, 2.05) is 0 Å². The van der Waals surface area contributed by atoms with Gasteiger partial charge in [-0.25, -0.2) is 26.9 Å². The minimum Gasteiger partial charge on any atom is -0.345 e. The summed E-state index contributed by atoms with van der Waals surface area (Å²) in [5.74, 6) is -2.81. The molecular formula is C23H18ClF2N3O3S. The van der Waals surface area contributed by atoms with Gasteiger partial charge in [-0.3, -0.25) is 4.79 Å². The van der Waals surface area contributed by atoms with Gasteiger partial charge < -0.3 is 4.98 Å². The fourth-order valence-electron chi connectivity index (χ4n) is 3.47. The van der Waals surface area contributed by atoms with Crippen LogP contribution >= 0.6 is 11.6 Å². The van der Waals surface area contributed by atoms with Crippen LogP contribution in [0.15, 0.2) is 65.8 Å². The number of hydrogen-bond donors (Lipinski definition) is 2. The second-order valence-corrected chi connectivity index (χ2v) is 9.49. The number of aromatic nitrogens is 2. The van der Waals surface area contributed by atoms with Gasteiger partial charge in [0, 0.05) is 29.9 Å². The summed E-state index contributed by atoms with van der Waals surface area (Å²) in [7, 11) is -3.69. The molecule has 0 saturated heterocycles. The van der Waals surface area contributed by atoms with Gasteiger partial charge in [0.2, 0.25) is 15.8 Å². The molecular weight excluding hydrogens is 472 g/mol. The summed E-state index contributed by atoms with van der Waals surface area (Å²) < 4.78 is 56.6. The number of hydrogen-bond acceptors (Lipinski definition) is 4. The van der Waals surface area contributed by atoms with Gasteiger partial charge in [-0.2, -0.15) is 0 Å². The Labute approximate surface area is 193 Å². The number of nitrogens with zero attached hydrogens (tertiary/aromatic N) is 1. The van der Waals surface area contributed by atoms with Crippen molar-refractivity contribution in [1.82, 2.24) is 14.7 Å². The molecule has 0 bridgehead atoms. The number of sulfonamides is 1. The van der Waals surface area contributed by atoms with Crippen molar-refractivity contribution in [3.05, 3.63) is 94.3 Å². The average Bonchev–Trinajstić information content (AvgIpc) is 3.21. The molecule has 0 saturated carbocycles. The van der Waals surface area contributed by atoms with Crippen molar-refractivity contribution in [2.24, 2.45) is 0 Å². The summed E-state index contributed by atoms with van der Waals surface area (Å²) in [6.07, 6.45) is 3.07. The lowest BCUT2D eigenvalue weighted by Crippen LogP contribution is -2.25. The number of pyridine rings is 1. The van der Waals surface area contributed by atoms with E-state index in [2.05, 4.69) is 14.7 Å². The number of nitrogens with one attached hydrogen (secondary N) is 2. The molecule has 33 heavy (non-hydrogen) atoms. The quantitative estimate of drug-likeness (QED) is 0.279. The molecule has 10 heteroatoms. The largest absolute Gasteiger partial charge is 0.345 e. The fraction of sp³-hybridized carbons (Fsp3) is 0.130. The van der Waals surface area contributed by atoms with E-state index in [0.29, 0.717) is 11.0 Å². The van der Waals surface area contributed by atoms with Crippen LogP contribution in [0.3, 0.4) is 0 Å². The maximum atomic E-state index is 15.1. The van der Waals surface area contributed by atoms with E-state index >= 15 is 4.39 Å². The first kappa shape index (κ1) is 23.0. The zero-order valence-corrected chi connectivity index (χ0v) is 18.7. The molecule has 6 nitrogen and oxygen atoms in total. The second kappa shape index (κ2) is 9.38. The van der Waals surface area contributed by atoms with Crippen LogP contribution in [0, 0.1) is 11.6 Å². The van der Waals surface area contributed by atoms with Crippen LogP contribution in [-0.4, -0.2) is 30.7 Å². The Bertz CT molecular complexity index is 1440. The van der Waals surface area contributed by atoms with Crippen molar-refractivity contribution in [1.29, 1.82) is 0 Å². The van der Waals surface area contributed by atoms with Crippen LogP contribution < -0.4 is 4.72 Å². The van der Waals surface area contributed by atoms with Gasteiger partial charge in [-0.15, -0.1) is 0 Å². The maximum absolute atomic E-state index is 15.1. The lowest BCUT2D eigenvalue weighted by atomic mass is 9.98. The number of aryl methyl sites for hydroxylation is 1. The van der Waals surface area contributed by atoms with Crippen LogP contribution in [0.1, 0.15) is 27.9 Å². The molecule has 0 amide bonds. The normalized spacial score (nSPS) is 11.7. The highest BCUT2D eigenvalue weighted by Gasteiger charge is 2.24. The third-order valence-electron chi connectivity index (χ3n) is 5.11. The predicted octanol–water partition coefficient (Wildman–Crippen LogP) is 4.64. The zero-order valence-electron chi connectivity index (χ0n) is 17.1. The predicted molar refractivity (Wildman–Crippen MR) is 121 cm³/mol. The number of benzene rings is 2. The molecule has 170 valence electrons. The molecule has 0 atom stereocenters. The lowest BCUT2D eigenvalue weighted by molar-refractivity contribution is 0.103. The van der Waals surface area contributed by atoms with Crippen LogP contribution in [0.5, 0.6) is 0 Å². The molecule has 0 aliphatic rings. The summed E-state index contributed by atoms with van der Waals surface area (Å²) in [4.78, 5) is 19.9. The first-order valence-electron chi connectivity index (χ1n) is 9.97. The van der Waals surface area contributed by atoms with E-state index in [1.54, 1.807) is 18.2 Å². The average molecular weight is 490 g/mol. The molecule has 2 heterocycles. The smallest absolute Gasteiger partial charge is 0.240 e. The lowest BCUT2D eigenvalue weighted by Gasteiger charge is -2.10. The number of ketones is 1. The van der Waals surface area contributed by atoms with Crippen molar-refractivity contribution >= 4 is 38.4 Å². The van der Waals surface area contributed by atoms with E-state index in [0.717, 1.165) is 6.07 Å². The van der Waals surface area contributed by atoms with Gasteiger partial charge >= 0.3 is 0 Å². The number of fused-ring (bicyclic) bond motifs is 1. The third-order valence-corrected chi connectivity index (χ3v) is 6.79. The molecule has 0 radical (unpaired) electrons. The summed E-state index contributed by atoms with van der Waals surface area (Å²) in [5, 5.41) is 0.635. The highest BCUT2D eigenvalue weighted by atomic mass is 35.5. The van der Waals surface area contributed by atoms with E-state index < -0.39 is 33.0 Å². The molecule has 0 aliphatic carbocycles. The van der Waals surface area contributed by atoms with Crippen LogP contribution in [0.4, 0.5) is 8.78 Å². The van der Waals surface area contributed by atoms with Gasteiger partial charge in [0.1, 0.15) is 17.3 Å². The summed E-state index contributed by atoms with van der Waals surface area (Å²) >= 11 is 5.94. The molecule has 0 unspecified atom stereocenters. The third kappa shape index (κ3) is 4.80. The number of halogens is 3. The first-order chi connectivity index (χ1) is 15.8. The molecule has 2 aromatic carbocycles. The van der Waals surface area contributed by atoms with Crippen molar-refractivity contribution in [2.45, 2.75) is 17.7 Å². The Morgan fingerprint density at radius 1 is 1.12 bits per heavy atom. The molecule has 0 fully saturated rings. The minimum absolute atomic E-state index is 0.0456.